The van der Waals surface area contributed by atoms with Crippen molar-refractivity contribution in [1.82, 2.24) is 5.32 Å². The standard InChI is InChI=1S/C11H16ClNO/c1-8(2)13-6-9-3-4-11(12)5-10(9)7-14/h3-5,8,13-14H,6-7H2,1-2H3. The summed E-state index contributed by atoms with van der Waals surface area (Å²) < 4.78 is 0. The van der Waals surface area contributed by atoms with Crippen molar-refractivity contribution < 1.29 is 5.11 Å². The highest BCUT2D eigenvalue weighted by Gasteiger charge is 2.02. The van der Waals surface area contributed by atoms with Crippen LogP contribution in [0, 0.1) is 0 Å². The van der Waals surface area contributed by atoms with Gasteiger partial charge in [0.25, 0.3) is 0 Å². The van der Waals surface area contributed by atoms with Crippen LogP contribution >= 0.6 is 11.6 Å². The van der Waals surface area contributed by atoms with E-state index < -0.39 is 0 Å². The van der Waals surface area contributed by atoms with E-state index in [1.165, 1.54) is 0 Å². The Morgan fingerprint density at radius 1 is 1.36 bits per heavy atom. The van der Waals surface area contributed by atoms with Crippen molar-refractivity contribution in [3.63, 3.8) is 0 Å². The number of nitrogens with one attached hydrogen (secondary N) is 1. The molecule has 1 aromatic carbocycles. The summed E-state index contributed by atoms with van der Waals surface area (Å²) in [5, 5.41) is 13.1. The van der Waals surface area contributed by atoms with E-state index >= 15 is 0 Å². The average Bonchev–Trinajstić information content (AvgIpc) is 2.15. The molecule has 0 fully saturated rings. The Kier molecular flexibility index (Phi) is 4.39. The molecule has 0 spiro atoms. The first kappa shape index (κ1) is 11.5. The van der Waals surface area contributed by atoms with Gasteiger partial charge in [-0.05, 0) is 23.3 Å². The highest BCUT2D eigenvalue weighted by atomic mass is 35.5. The second-order valence-electron chi connectivity index (χ2n) is 3.61. The van der Waals surface area contributed by atoms with Crippen molar-refractivity contribution in [2.45, 2.75) is 33.0 Å². The molecule has 0 bridgehead atoms. The van der Waals surface area contributed by atoms with E-state index in [1.54, 1.807) is 6.07 Å². The van der Waals surface area contributed by atoms with Crippen LogP contribution in [0.3, 0.4) is 0 Å². The third kappa shape index (κ3) is 3.29. The molecule has 1 aromatic rings. The van der Waals surface area contributed by atoms with Gasteiger partial charge in [-0.25, -0.2) is 0 Å². The third-order valence-electron chi connectivity index (χ3n) is 2.04. The Bertz CT molecular complexity index is 299. The second kappa shape index (κ2) is 5.35. The lowest BCUT2D eigenvalue weighted by Gasteiger charge is -2.11. The van der Waals surface area contributed by atoms with Gasteiger partial charge in [0.1, 0.15) is 0 Å². The van der Waals surface area contributed by atoms with Gasteiger partial charge in [-0.1, -0.05) is 31.5 Å². The Hall–Kier alpha value is -0.570. The van der Waals surface area contributed by atoms with E-state index in [9.17, 15) is 0 Å². The molecule has 3 heteroatoms. The van der Waals surface area contributed by atoms with E-state index in [4.69, 9.17) is 16.7 Å². The molecule has 1 rings (SSSR count). The van der Waals surface area contributed by atoms with Crippen LogP contribution in [0.1, 0.15) is 25.0 Å². The van der Waals surface area contributed by atoms with Crippen molar-refractivity contribution in [1.29, 1.82) is 0 Å². The molecule has 2 nitrogen and oxygen atoms in total. The van der Waals surface area contributed by atoms with Crippen molar-refractivity contribution in [2.75, 3.05) is 0 Å². The smallest absolute Gasteiger partial charge is 0.0685 e. The number of aliphatic hydroxyl groups is 1. The van der Waals surface area contributed by atoms with Crippen LogP contribution in [0.25, 0.3) is 0 Å². The minimum atomic E-state index is 0.0374. The van der Waals surface area contributed by atoms with Gasteiger partial charge in [-0.3, -0.25) is 0 Å². The molecule has 0 amide bonds. The first-order chi connectivity index (χ1) is 6.63. The predicted octanol–water partition coefficient (Wildman–Crippen LogP) is 2.33. The molecule has 0 unspecified atom stereocenters. The van der Waals surface area contributed by atoms with Gasteiger partial charge in [0.2, 0.25) is 0 Å². The molecule has 2 N–H and O–H groups in total. The topological polar surface area (TPSA) is 32.3 Å². The lowest BCUT2D eigenvalue weighted by atomic mass is 10.1. The normalized spacial score (nSPS) is 10.9. The molecule has 0 aromatic heterocycles. The summed E-state index contributed by atoms with van der Waals surface area (Å²) in [7, 11) is 0. The van der Waals surface area contributed by atoms with E-state index in [0.717, 1.165) is 17.7 Å². The fourth-order valence-electron chi connectivity index (χ4n) is 1.23. The quantitative estimate of drug-likeness (QED) is 0.805. The van der Waals surface area contributed by atoms with E-state index in [1.807, 2.05) is 12.1 Å². The first-order valence-electron chi connectivity index (χ1n) is 4.75. The van der Waals surface area contributed by atoms with Crippen LogP contribution < -0.4 is 5.32 Å². The third-order valence-corrected chi connectivity index (χ3v) is 2.27. The summed E-state index contributed by atoms with van der Waals surface area (Å²) in [6.07, 6.45) is 0. The minimum absolute atomic E-state index is 0.0374. The van der Waals surface area contributed by atoms with Gasteiger partial charge in [0.05, 0.1) is 6.61 Å². The zero-order valence-corrected chi connectivity index (χ0v) is 9.30. The summed E-state index contributed by atoms with van der Waals surface area (Å²) in [5.41, 5.74) is 2.00. The van der Waals surface area contributed by atoms with E-state index in [0.29, 0.717) is 11.1 Å². The number of benzene rings is 1. The lowest BCUT2D eigenvalue weighted by molar-refractivity contribution is 0.280. The van der Waals surface area contributed by atoms with Crippen molar-refractivity contribution >= 4 is 11.6 Å². The van der Waals surface area contributed by atoms with Gasteiger partial charge in [0.15, 0.2) is 0 Å². The fraction of sp³-hybridized carbons (Fsp3) is 0.455. The van der Waals surface area contributed by atoms with Crippen LogP contribution in [-0.4, -0.2) is 11.1 Å². The number of rotatable bonds is 4. The first-order valence-corrected chi connectivity index (χ1v) is 5.13. The Balaban J connectivity index is 2.75. The molecule has 0 radical (unpaired) electrons. The molecular formula is C11H16ClNO. The van der Waals surface area contributed by atoms with E-state index in [-0.39, 0.29) is 6.61 Å². The maximum atomic E-state index is 9.12. The SMILES string of the molecule is CC(C)NCc1ccc(Cl)cc1CO. The summed E-state index contributed by atoms with van der Waals surface area (Å²) in [6.45, 7) is 4.99. The zero-order chi connectivity index (χ0) is 10.6. The van der Waals surface area contributed by atoms with Gasteiger partial charge < -0.3 is 10.4 Å². The van der Waals surface area contributed by atoms with Crippen LogP contribution in [-0.2, 0) is 13.2 Å². The molecule has 0 heterocycles. The van der Waals surface area contributed by atoms with Gasteiger partial charge >= 0.3 is 0 Å². The molecule has 78 valence electrons. The molecule has 14 heavy (non-hydrogen) atoms. The molecule has 0 atom stereocenters. The van der Waals surface area contributed by atoms with Gasteiger partial charge in [-0.2, -0.15) is 0 Å². The number of hydrogen-bond acceptors (Lipinski definition) is 2. The second-order valence-corrected chi connectivity index (χ2v) is 4.04. The number of halogens is 1. The molecule has 0 saturated carbocycles. The lowest BCUT2D eigenvalue weighted by Crippen LogP contribution is -2.22. The minimum Gasteiger partial charge on any atom is -0.392 e. The molecule has 0 aliphatic heterocycles. The largest absolute Gasteiger partial charge is 0.392 e. The molecule has 0 saturated heterocycles. The van der Waals surface area contributed by atoms with Crippen LogP contribution in [0.2, 0.25) is 5.02 Å². The molecule has 0 aliphatic carbocycles. The summed E-state index contributed by atoms with van der Waals surface area (Å²) in [4.78, 5) is 0. The number of aliphatic hydroxyl groups excluding tert-OH is 1. The summed E-state index contributed by atoms with van der Waals surface area (Å²) in [6, 6.07) is 6.04. The van der Waals surface area contributed by atoms with Crippen molar-refractivity contribution in [2.24, 2.45) is 0 Å². The Labute approximate surface area is 89.9 Å². The van der Waals surface area contributed by atoms with Crippen molar-refractivity contribution in [3.05, 3.63) is 34.3 Å². The maximum absolute atomic E-state index is 9.12. The maximum Gasteiger partial charge on any atom is 0.0685 e. The Morgan fingerprint density at radius 2 is 2.07 bits per heavy atom. The monoisotopic (exact) mass is 213 g/mol. The Morgan fingerprint density at radius 3 is 2.64 bits per heavy atom. The summed E-state index contributed by atoms with van der Waals surface area (Å²) in [5.74, 6) is 0. The van der Waals surface area contributed by atoms with Gasteiger partial charge in [-0.15, -0.1) is 0 Å². The highest BCUT2D eigenvalue weighted by molar-refractivity contribution is 6.30. The zero-order valence-electron chi connectivity index (χ0n) is 8.55. The highest BCUT2D eigenvalue weighted by Crippen LogP contribution is 2.16. The van der Waals surface area contributed by atoms with Crippen LogP contribution in [0.15, 0.2) is 18.2 Å². The average molecular weight is 214 g/mol. The van der Waals surface area contributed by atoms with Crippen LogP contribution in [0.4, 0.5) is 0 Å². The van der Waals surface area contributed by atoms with Crippen molar-refractivity contribution in [3.8, 4) is 0 Å². The van der Waals surface area contributed by atoms with Crippen LogP contribution in [0.5, 0.6) is 0 Å². The fourth-order valence-corrected chi connectivity index (χ4v) is 1.42. The summed E-state index contributed by atoms with van der Waals surface area (Å²) >= 11 is 5.83. The number of hydrogen-bond donors (Lipinski definition) is 2. The predicted molar refractivity (Wildman–Crippen MR) is 59.4 cm³/mol. The van der Waals surface area contributed by atoms with E-state index in [2.05, 4.69) is 19.2 Å². The molecule has 0 aliphatic rings. The van der Waals surface area contributed by atoms with Gasteiger partial charge in [0, 0.05) is 17.6 Å². The molecular weight excluding hydrogens is 198 g/mol.